The molecule has 6 heteroatoms. The molecule has 0 spiro atoms. The Labute approximate surface area is 162 Å². The Hall–Kier alpha value is -1.79. The number of rotatable bonds is 6. The summed E-state index contributed by atoms with van der Waals surface area (Å²) in [6, 6.07) is 9.21. The van der Waals surface area contributed by atoms with E-state index in [2.05, 4.69) is 44.8 Å². The average Bonchev–Trinajstić information content (AvgIpc) is 3.46. The lowest BCUT2D eigenvalue weighted by molar-refractivity contribution is 0.0992. The van der Waals surface area contributed by atoms with Crippen LogP contribution >= 0.6 is 0 Å². The second-order valence-electron chi connectivity index (χ2n) is 7.85. The molecule has 3 saturated heterocycles. The van der Waals surface area contributed by atoms with Crippen LogP contribution in [0.5, 0.6) is 5.75 Å². The minimum absolute atomic E-state index is 0.341. The van der Waals surface area contributed by atoms with Crippen LogP contribution in [0.2, 0.25) is 0 Å². The summed E-state index contributed by atoms with van der Waals surface area (Å²) in [5, 5.41) is 7.16. The molecule has 27 heavy (non-hydrogen) atoms. The fraction of sp³-hybridized carbons (Fsp3) is 0.667. The molecule has 2 bridgehead atoms. The molecule has 3 aliphatic rings. The van der Waals surface area contributed by atoms with Crippen LogP contribution in [0.3, 0.4) is 0 Å². The monoisotopic (exact) mass is 372 g/mol. The van der Waals surface area contributed by atoms with E-state index in [1.165, 1.54) is 31.2 Å². The maximum Gasteiger partial charge on any atom is 0.191 e. The number of fused-ring (bicyclic) bond motifs is 2. The number of nitrogens with zero attached hydrogens (tertiary/aromatic N) is 2. The molecule has 4 rings (SSSR count). The Morgan fingerprint density at radius 1 is 1.26 bits per heavy atom. The topological polar surface area (TPSA) is 58.1 Å². The van der Waals surface area contributed by atoms with Crippen molar-refractivity contribution in [1.82, 2.24) is 15.5 Å². The third-order valence-corrected chi connectivity index (χ3v) is 6.20. The van der Waals surface area contributed by atoms with Crippen molar-refractivity contribution in [2.24, 2.45) is 4.99 Å². The first-order chi connectivity index (χ1) is 13.3. The second-order valence-corrected chi connectivity index (χ2v) is 7.85. The maximum absolute atomic E-state index is 5.96. The predicted octanol–water partition coefficient (Wildman–Crippen LogP) is 2.32. The van der Waals surface area contributed by atoms with Gasteiger partial charge in [0.2, 0.25) is 0 Å². The van der Waals surface area contributed by atoms with Crippen LogP contribution in [0.15, 0.2) is 29.3 Å². The summed E-state index contributed by atoms with van der Waals surface area (Å²) in [6.07, 6.45) is 6.83. The molecule has 0 amide bonds. The highest BCUT2D eigenvalue weighted by Gasteiger charge is 2.41. The molecule has 1 aromatic carbocycles. The molecular formula is C21H32N4O2. The zero-order valence-electron chi connectivity index (χ0n) is 16.5. The maximum atomic E-state index is 5.96. The van der Waals surface area contributed by atoms with Gasteiger partial charge in [-0.2, -0.15) is 0 Å². The molecule has 0 saturated carbocycles. The Morgan fingerprint density at radius 3 is 2.63 bits per heavy atom. The van der Waals surface area contributed by atoms with Crippen molar-refractivity contribution < 1.29 is 9.47 Å². The molecule has 0 radical (unpaired) electrons. The fourth-order valence-corrected chi connectivity index (χ4v) is 4.69. The first kappa shape index (κ1) is 18.6. The lowest BCUT2D eigenvalue weighted by atomic mass is 9.96. The molecule has 6 nitrogen and oxygen atoms in total. The standard InChI is InChI=1S/C21H32N4O2/c1-22-21(24-18-13-17-9-10-20(18)27-17)23-14-19(25-11-3-4-12-25)15-5-7-16(26-2)8-6-15/h5-8,17-20H,3-4,9-14H2,1-2H3,(H2,22,23,24). The Kier molecular flexibility index (Phi) is 5.83. The van der Waals surface area contributed by atoms with E-state index in [-0.39, 0.29) is 0 Å². The van der Waals surface area contributed by atoms with Crippen molar-refractivity contribution in [2.45, 2.75) is 56.4 Å². The SMILES string of the molecule is CN=C(NCC(c1ccc(OC)cc1)N1CCCC1)NC1CC2CCC1O2. The molecule has 4 atom stereocenters. The number of aliphatic imine (C=N–C) groups is 1. The van der Waals surface area contributed by atoms with E-state index in [0.717, 1.165) is 37.8 Å². The van der Waals surface area contributed by atoms with Crippen LogP contribution in [0, 0.1) is 0 Å². The molecule has 3 aliphatic heterocycles. The van der Waals surface area contributed by atoms with E-state index in [1.807, 2.05) is 7.05 Å². The molecular weight excluding hydrogens is 340 g/mol. The van der Waals surface area contributed by atoms with E-state index in [0.29, 0.717) is 24.3 Å². The van der Waals surface area contributed by atoms with Crippen LogP contribution < -0.4 is 15.4 Å². The largest absolute Gasteiger partial charge is 0.497 e. The molecule has 2 N–H and O–H groups in total. The predicted molar refractivity (Wildman–Crippen MR) is 107 cm³/mol. The molecule has 0 aliphatic carbocycles. The average molecular weight is 373 g/mol. The van der Waals surface area contributed by atoms with E-state index < -0.39 is 0 Å². The minimum atomic E-state index is 0.341. The summed E-state index contributed by atoms with van der Waals surface area (Å²) in [7, 11) is 3.56. The summed E-state index contributed by atoms with van der Waals surface area (Å²) in [5.41, 5.74) is 1.32. The minimum Gasteiger partial charge on any atom is -0.497 e. The van der Waals surface area contributed by atoms with Crippen molar-refractivity contribution >= 4 is 5.96 Å². The van der Waals surface area contributed by atoms with Gasteiger partial charge < -0.3 is 20.1 Å². The van der Waals surface area contributed by atoms with Gasteiger partial charge in [-0.3, -0.25) is 9.89 Å². The summed E-state index contributed by atoms with van der Waals surface area (Å²) >= 11 is 0. The van der Waals surface area contributed by atoms with Crippen molar-refractivity contribution in [3.63, 3.8) is 0 Å². The summed E-state index contributed by atoms with van der Waals surface area (Å²) in [4.78, 5) is 7.03. The molecule has 4 unspecified atom stereocenters. The quantitative estimate of drug-likeness (QED) is 0.593. The van der Waals surface area contributed by atoms with E-state index in [1.54, 1.807) is 7.11 Å². The van der Waals surface area contributed by atoms with E-state index in [9.17, 15) is 0 Å². The highest BCUT2D eigenvalue weighted by atomic mass is 16.5. The number of nitrogens with one attached hydrogen (secondary N) is 2. The van der Waals surface area contributed by atoms with E-state index in [4.69, 9.17) is 9.47 Å². The van der Waals surface area contributed by atoms with Crippen LogP contribution in [0.1, 0.15) is 43.7 Å². The van der Waals surface area contributed by atoms with Crippen LogP contribution in [0.25, 0.3) is 0 Å². The Bertz CT molecular complexity index is 642. The number of likely N-dealkylation sites (tertiary alicyclic amines) is 1. The third kappa shape index (κ3) is 4.22. The third-order valence-electron chi connectivity index (χ3n) is 6.20. The second kappa shape index (κ2) is 8.48. The molecule has 3 fully saturated rings. The number of hydrogen-bond donors (Lipinski definition) is 2. The molecule has 148 valence electrons. The lowest BCUT2D eigenvalue weighted by Gasteiger charge is -2.30. The highest BCUT2D eigenvalue weighted by Crippen LogP contribution is 2.34. The first-order valence-electron chi connectivity index (χ1n) is 10.3. The van der Waals surface area contributed by atoms with Gasteiger partial charge in [0.15, 0.2) is 5.96 Å². The zero-order chi connectivity index (χ0) is 18.6. The van der Waals surface area contributed by atoms with E-state index >= 15 is 0 Å². The van der Waals surface area contributed by atoms with Crippen molar-refractivity contribution in [3.8, 4) is 5.75 Å². The summed E-state index contributed by atoms with van der Waals surface area (Å²) < 4.78 is 11.3. The van der Waals surface area contributed by atoms with Gasteiger partial charge in [-0.05, 0) is 62.9 Å². The van der Waals surface area contributed by atoms with Crippen LogP contribution in [-0.4, -0.2) is 62.9 Å². The lowest BCUT2D eigenvalue weighted by Crippen LogP contribution is -2.49. The number of methoxy groups -OCH3 is 1. The van der Waals surface area contributed by atoms with Gasteiger partial charge in [0.05, 0.1) is 31.4 Å². The smallest absolute Gasteiger partial charge is 0.191 e. The van der Waals surface area contributed by atoms with Gasteiger partial charge in [-0.1, -0.05) is 12.1 Å². The fourth-order valence-electron chi connectivity index (χ4n) is 4.69. The number of guanidine groups is 1. The number of benzene rings is 1. The molecule has 0 aromatic heterocycles. The first-order valence-corrected chi connectivity index (χ1v) is 10.3. The normalized spacial score (nSPS) is 29.1. The van der Waals surface area contributed by atoms with Crippen LogP contribution in [0.4, 0.5) is 0 Å². The number of hydrogen-bond acceptors (Lipinski definition) is 4. The van der Waals surface area contributed by atoms with Crippen molar-refractivity contribution in [2.75, 3.05) is 33.8 Å². The number of ether oxygens (including phenoxy) is 2. The molecule has 1 aromatic rings. The highest BCUT2D eigenvalue weighted by molar-refractivity contribution is 5.80. The van der Waals surface area contributed by atoms with Crippen LogP contribution in [-0.2, 0) is 4.74 Å². The van der Waals surface area contributed by atoms with Crippen molar-refractivity contribution in [1.29, 1.82) is 0 Å². The summed E-state index contributed by atoms with van der Waals surface area (Å²) in [6.45, 7) is 3.16. The van der Waals surface area contributed by atoms with Crippen molar-refractivity contribution in [3.05, 3.63) is 29.8 Å². The van der Waals surface area contributed by atoms with Gasteiger partial charge in [-0.15, -0.1) is 0 Å². The van der Waals surface area contributed by atoms with Gasteiger partial charge in [0, 0.05) is 13.6 Å². The van der Waals surface area contributed by atoms with Gasteiger partial charge in [0.1, 0.15) is 5.75 Å². The van der Waals surface area contributed by atoms with Gasteiger partial charge in [0.25, 0.3) is 0 Å². The molecule has 3 heterocycles. The zero-order valence-corrected chi connectivity index (χ0v) is 16.5. The van der Waals surface area contributed by atoms with Gasteiger partial charge >= 0.3 is 0 Å². The Balaban J connectivity index is 1.39. The summed E-state index contributed by atoms with van der Waals surface area (Å²) in [5.74, 6) is 1.79. The van der Waals surface area contributed by atoms with Gasteiger partial charge in [-0.25, -0.2) is 0 Å². The Morgan fingerprint density at radius 2 is 2.04 bits per heavy atom.